The first-order valence-corrected chi connectivity index (χ1v) is 7.36. The van der Waals surface area contributed by atoms with Crippen LogP contribution in [0.15, 0.2) is 40.8 Å². The van der Waals surface area contributed by atoms with Crippen molar-refractivity contribution >= 4 is 23.0 Å². The number of carbonyl (C=O) groups excluding carboxylic acids is 1. The van der Waals surface area contributed by atoms with Gasteiger partial charge in [0.15, 0.2) is 0 Å². The quantitative estimate of drug-likeness (QED) is 0.878. The van der Waals surface area contributed by atoms with Gasteiger partial charge in [-0.15, -0.1) is 0 Å². The van der Waals surface area contributed by atoms with Gasteiger partial charge in [0.25, 0.3) is 0 Å². The first-order chi connectivity index (χ1) is 10.3. The first kappa shape index (κ1) is 13.9. The number of hydrogen-bond acceptors (Lipinski definition) is 3. The van der Waals surface area contributed by atoms with Gasteiger partial charge in [0, 0.05) is 24.6 Å². The Labute approximate surface area is 124 Å². The van der Waals surface area contributed by atoms with E-state index in [0.29, 0.717) is 5.92 Å². The zero-order chi connectivity index (χ0) is 14.7. The number of nitrogens with zero attached hydrogens (tertiary/aromatic N) is 1. The molecule has 4 nitrogen and oxygen atoms in total. The van der Waals surface area contributed by atoms with Crippen LogP contribution in [0.3, 0.4) is 0 Å². The van der Waals surface area contributed by atoms with E-state index in [1.807, 2.05) is 42.3 Å². The Morgan fingerprint density at radius 2 is 2.33 bits per heavy atom. The number of nitrogens with one attached hydrogen (secondary N) is 1. The van der Waals surface area contributed by atoms with E-state index >= 15 is 0 Å². The fraction of sp³-hybridized carbons (Fsp3) is 0.353. The molecule has 1 amide bonds. The standard InChI is InChI=1S/C17H20N2O2/c1-18-11-13-8-9-19(12-13)17(20)7-6-15-10-14-4-2-3-5-16(14)21-15/h2-7,10,13,18H,8-9,11-12H2,1H3/b7-6+. The fourth-order valence-corrected chi connectivity index (χ4v) is 2.83. The number of para-hydroxylation sites is 1. The summed E-state index contributed by atoms with van der Waals surface area (Å²) in [6.45, 7) is 2.65. The molecule has 1 fully saturated rings. The Kier molecular flexibility index (Phi) is 4.06. The van der Waals surface area contributed by atoms with Crippen molar-refractivity contribution in [1.82, 2.24) is 10.2 Å². The van der Waals surface area contributed by atoms with E-state index < -0.39 is 0 Å². The van der Waals surface area contributed by atoms with Gasteiger partial charge in [-0.1, -0.05) is 18.2 Å². The highest BCUT2D eigenvalue weighted by Gasteiger charge is 2.24. The third kappa shape index (κ3) is 3.16. The predicted octanol–water partition coefficient (Wildman–Crippen LogP) is 2.51. The smallest absolute Gasteiger partial charge is 0.246 e. The molecular formula is C17H20N2O2. The Bertz CT molecular complexity index is 627. The van der Waals surface area contributed by atoms with Gasteiger partial charge in [0.1, 0.15) is 11.3 Å². The van der Waals surface area contributed by atoms with E-state index in [4.69, 9.17) is 4.42 Å². The number of rotatable bonds is 4. The van der Waals surface area contributed by atoms with Gasteiger partial charge in [-0.25, -0.2) is 0 Å². The van der Waals surface area contributed by atoms with Crippen molar-refractivity contribution in [2.75, 3.05) is 26.7 Å². The molecule has 1 atom stereocenters. The molecule has 0 spiro atoms. The van der Waals surface area contributed by atoms with Gasteiger partial charge < -0.3 is 14.6 Å². The molecule has 2 heterocycles. The van der Waals surface area contributed by atoms with Crippen LogP contribution in [0.25, 0.3) is 17.0 Å². The van der Waals surface area contributed by atoms with Crippen LogP contribution in [0.4, 0.5) is 0 Å². The number of fused-ring (bicyclic) bond motifs is 1. The van der Waals surface area contributed by atoms with Crippen LogP contribution in [-0.4, -0.2) is 37.5 Å². The number of amides is 1. The van der Waals surface area contributed by atoms with Crippen LogP contribution in [0.2, 0.25) is 0 Å². The maximum Gasteiger partial charge on any atom is 0.246 e. The SMILES string of the molecule is CNCC1CCN(C(=O)/C=C/c2cc3ccccc3o2)C1. The summed E-state index contributed by atoms with van der Waals surface area (Å²) in [5.41, 5.74) is 0.847. The Balaban J connectivity index is 1.64. The Morgan fingerprint density at radius 3 is 3.14 bits per heavy atom. The molecule has 0 bridgehead atoms. The number of furan rings is 1. The van der Waals surface area contributed by atoms with Crippen LogP contribution in [-0.2, 0) is 4.79 Å². The monoisotopic (exact) mass is 284 g/mol. The second-order valence-electron chi connectivity index (χ2n) is 5.52. The molecule has 3 rings (SSSR count). The van der Waals surface area contributed by atoms with Gasteiger partial charge in [0.2, 0.25) is 5.91 Å². The first-order valence-electron chi connectivity index (χ1n) is 7.36. The second kappa shape index (κ2) is 6.14. The van der Waals surface area contributed by atoms with Crippen LogP contribution in [0.5, 0.6) is 0 Å². The van der Waals surface area contributed by atoms with E-state index in [-0.39, 0.29) is 5.91 Å². The largest absolute Gasteiger partial charge is 0.457 e. The number of hydrogen-bond donors (Lipinski definition) is 1. The zero-order valence-corrected chi connectivity index (χ0v) is 12.2. The van der Waals surface area contributed by atoms with E-state index in [2.05, 4.69) is 5.32 Å². The molecule has 110 valence electrons. The molecule has 1 aliphatic rings. The third-order valence-electron chi connectivity index (χ3n) is 3.93. The predicted molar refractivity (Wildman–Crippen MR) is 83.9 cm³/mol. The summed E-state index contributed by atoms with van der Waals surface area (Å²) in [7, 11) is 1.95. The molecule has 1 aliphatic heterocycles. The van der Waals surface area contributed by atoms with Gasteiger partial charge in [-0.2, -0.15) is 0 Å². The van der Waals surface area contributed by atoms with E-state index in [9.17, 15) is 4.79 Å². The van der Waals surface area contributed by atoms with E-state index in [1.165, 1.54) is 0 Å². The maximum absolute atomic E-state index is 12.2. The molecule has 1 aromatic heterocycles. The molecule has 0 saturated carbocycles. The summed E-state index contributed by atoms with van der Waals surface area (Å²) in [6, 6.07) is 9.80. The van der Waals surface area contributed by atoms with Crippen LogP contribution in [0.1, 0.15) is 12.2 Å². The molecule has 2 aromatic rings. The lowest BCUT2D eigenvalue weighted by Gasteiger charge is -2.13. The summed E-state index contributed by atoms with van der Waals surface area (Å²) < 4.78 is 5.67. The maximum atomic E-state index is 12.2. The summed E-state index contributed by atoms with van der Waals surface area (Å²) in [5.74, 6) is 1.35. The van der Waals surface area contributed by atoms with Crippen molar-refractivity contribution in [2.45, 2.75) is 6.42 Å². The molecule has 0 radical (unpaired) electrons. The normalized spacial score (nSPS) is 18.9. The average molecular weight is 284 g/mol. The van der Waals surface area contributed by atoms with Crippen LogP contribution in [0, 0.1) is 5.92 Å². The molecule has 1 unspecified atom stereocenters. The highest BCUT2D eigenvalue weighted by Crippen LogP contribution is 2.20. The molecule has 21 heavy (non-hydrogen) atoms. The summed E-state index contributed by atoms with van der Waals surface area (Å²) in [6.07, 6.45) is 4.44. The highest BCUT2D eigenvalue weighted by atomic mass is 16.3. The minimum Gasteiger partial charge on any atom is -0.457 e. The molecule has 0 aliphatic carbocycles. The van der Waals surface area contributed by atoms with E-state index in [0.717, 1.165) is 42.8 Å². The lowest BCUT2D eigenvalue weighted by molar-refractivity contribution is -0.125. The second-order valence-corrected chi connectivity index (χ2v) is 5.52. The number of likely N-dealkylation sites (tertiary alicyclic amines) is 1. The van der Waals surface area contributed by atoms with Crippen LogP contribution < -0.4 is 5.32 Å². The summed E-state index contributed by atoms with van der Waals surface area (Å²) in [4.78, 5) is 14.1. The van der Waals surface area contributed by atoms with Crippen molar-refractivity contribution in [2.24, 2.45) is 5.92 Å². The highest BCUT2D eigenvalue weighted by molar-refractivity contribution is 5.92. The van der Waals surface area contributed by atoms with Crippen molar-refractivity contribution in [3.05, 3.63) is 42.2 Å². The fourth-order valence-electron chi connectivity index (χ4n) is 2.83. The van der Waals surface area contributed by atoms with E-state index in [1.54, 1.807) is 12.2 Å². The summed E-state index contributed by atoms with van der Waals surface area (Å²) >= 11 is 0. The van der Waals surface area contributed by atoms with Crippen molar-refractivity contribution in [3.63, 3.8) is 0 Å². The van der Waals surface area contributed by atoms with Gasteiger partial charge in [-0.3, -0.25) is 4.79 Å². The van der Waals surface area contributed by atoms with Crippen molar-refractivity contribution < 1.29 is 9.21 Å². The summed E-state index contributed by atoms with van der Waals surface area (Å²) in [5, 5.41) is 4.23. The lowest BCUT2D eigenvalue weighted by atomic mass is 10.1. The molecule has 1 N–H and O–H groups in total. The number of carbonyl (C=O) groups is 1. The van der Waals surface area contributed by atoms with Crippen molar-refractivity contribution in [1.29, 1.82) is 0 Å². The Morgan fingerprint density at radius 1 is 1.48 bits per heavy atom. The molecule has 1 saturated heterocycles. The molecule has 1 aromatic carbocycles. The van der Waals surface area contributed by atoms with Gasteiger partial charge >= 0.3 is 0 Å². The number of benzene rings is 1. The zero-order valence-electron chi connectivity index (χ0n) is 12.2. The van der Waals surface area contributed by atoms with Crippen molar-refractivity contribution in [3.8, 4) is 0 Å². The minimum atomic E-state index is 0.0639. The minimum absolute atomic E-state index is 0.0639. The topological polar surface area (TPSA) is 45.5 Å². The molecule has 4 heteroatoms. The lowest BCUT2D eigenvalue weighted by Crippen LogP contribution is -2.28. The Hall–Kier alpha value is -2.07. The van der Waals surface area contributed by atoms with Gasteiger partial charge in [0.05, 0.1) is 0 Å². The van der Waals surface area contributed by atoms with Gasteiger partial charge in [-0.05, 0) is 44.1 Å². The molecular weight excluding hydrogens is 264 g/mol. The average Bonchev–Trinajstić information content (AvgIpc) is 3.11. The third-order valence-corrected chi connectivity index (χ3v) is 3.93. The van der Waals surface area contributed by atoms with Crippen LogP contribution >= 0.6 is 0 Å².